The summed E-state index contributed by atoms with van der Waals surface area (Å²) in [6.45, 7) is 2.55. The van der Waals surface area contributed by atoms with Crippen LogP contribution in [0.15, 0.2) is 18.2 Å². The molecule has 2 nitrogen and oxygen atoms in total. The van der Waals surface area contributed by atoms with Gasteiger partial charge in [0.1, 0.15) is 0 Å². The Hall–Kier alpha value is -1.23. The van der Waals surface area contributed by atoms with Crippen LogP contribution in [0.3, 0.4) is 0 Å². The predicted octanol–water partition coefficient (Wildman–Crippen LogP) is 2.62. The van der Waals surface area contributed by atoms with Gasteiger partial charge < -0.3 is 10.6 Å². The minimum absolute atomic E-state index is 0.111. The smallest absolute Gasteiger partial charge is 0.375 e. The second kappa shape index (κ2) is 4.74. The predicted molar refractivity (Wildman–Crippen MR) is 58.3 cm³/mol. The molecule has 0 amide bonds. The van der Waals surface area contributed by atoms with E-state index in [1.54, 1.807) is 0 Å². The Kier molecular flexibility index (Phi) is 3.80. The molecule has 90 valence electrons. The highest BCUT2D eigenvalue weighted by Gasteiger charge is 2.32. The molecular weight excluding hydrogens is 217 g/mol. The van der Waals surface area contributed by atoms with Crippen LogP contribution in [0.1, 0.15) is 18.1 Å². The minimum atomic E-state index is -4.34. The molecule has 16 heavy (non-hydrogen) atoms. The molecule has 0 bridgehead atoms. The highest BCUT2D eigenvalue weighted by molar-refractivity contribution is 5.51. The number of nitrogens with zero attached hydrogens (tertiary/aromatic N) is 1. The number of halogens is 3. The van der Waals surface area contributed by atoms with Gasteiger partial charge in [-0.15, -0.1) is 0 Å². The molecular formula is C11H15F3N2. The van der Waals surface area contributed by atoms with Crippen LogP contribution in [0.25, 0.3) is 0 Å². The van der Waals surface area contributed by atoms with Crippen LogP contribution < -0.4 is 10.6 Å². The van der Waals surface area contributed by atoms with Gasteiger partial charge in [-0.05, 0) is 30.7 Å². The summed E-state index contributed by atoms with van der Waals surface area (Å²) in [5, 5.41) is 0. The second-order valence-electron chi connectivity index (χ2n) is 3.56. The van der Waals surface area contributed by atoms with Crippen molar-refractivity contribution in [1.82, 2.24) is 0 Å². The van der Waals surface area contributed by atoms with Crippen LogP contribution in [-0.4, -0.2) is 13.6 Å². The van der Waals surface area contributed by atoms with E-state index in [-0.39, 0.29) is 12.1 Å². The van der Waals surface area contributed by atoms with Gasteiger partial charge in [-0.1, -0.05) is 0 Å². The summed E-state index contributed by atoms with van der Waals surface area (Å²) in [5.74, 6) is 0. The maximum absolute atomic E-state index is 12.6. The summed E-state index contributed by atoms with van der Waals surface area (Å²) in [4.78, 5) is 1.86. The summed E-state index contributed by atoms with van der Waals surface area (Å²) in [7, 11) is 1.82. The Morgan fingerprint density at radius 2 is 1.94 bits per heavy atom. The van der Waals surface area contributed by atoms with Gasteiger partial charge in [0.05, 0.1) is 5.56 Å². The number of anilines is 1. The monoisotopic (exact) mass is 232 g/mol. The van der Waals surface area contributed by atoms with Crippen LogP contribution in [0.4, 0.5) is 18.9 Å². The molecule has 0 atom stereocenters. The Bertz CT molecular complexity index is 361. The molecule has 0 aromatic heterocycles. The average molecular weight is 232 g/mol. The third-order valence-electron chi connectivity index (χ3n) is 2.53. The highest BCUT2D eigenvalue weighted by Crippen LogP contribution is 2.33. The zero-order chi connectivity index (χ0) is 12.3. The molecule has 0 radical (unpaired) electrons. The molecule has 0 aliphatic heterocycles. The molecule has 2 N–H and O–H groups in total. The van der Waals surface area contributed by atoms with Gasteiger partial charge in [0.25, 0.3) is 0 Å². The molecule has 0 aliphatic rings. The van der Waals surface area contributed by atoms with E-state index in [2.05, 4.69) is 0 Å². The summed E-state index contributed by atoms with van der Waals surface area (Å²) >= 11 is 0. The van der Waals surface area contributed by atoms with E-state index in [0.717, 1.165) is 18.3 Å². The fraction of sp³-hybridized carbons (Fsp3) is 0.455. The lowest BCUT2D eigenvalue weighted by Crippen LogP contribution is -2.18. The maximum Gasteiger partial charge on any atom is 0.416 e. The number of benzene rings is 1. The summed E-state index contributed by atoms with van der Waals surface area (Å²) in [5.41, 5.74) is 5.57. The number of hydrogen-bond donors (Lipinski definition) is 1. The molecule has 0 saturated carbocycles. The lowest BCUT2D eigenvalue weighted by Gasteiger charge is -2.19. The van der Waals surface area contributed by atoms with Crippen molar-refractivity contribution in [3.63, 3.8) is 0 Å². The van der Waals surface area contributed by atoms with Crippen molar-refractivity contribution in [3.05, 3.63) is 29.3 Å². The van der Waals surface area contributed by atoms with Gasteiger partial charge in [-0.25, -0.2) is 0 Å². The molecule has 0 fully saturated rings. The molecule has 0 heterocycles. The summed E-state index contributed by atoms with van der Waals surface area (Å²) in [6.07, 6.45) is -4.34. The van der Waals surface area contributed by atoms with E-state index in [0.29, 0.717) is 0 Å². The van der Waals surface area contributed by atoms with E-state index in [1.807, 2.05) is 18.9 Å². The van der Waals surface area contributed by atoms with Crippen molar-refractivity contribution in [3.8, 4) is 0 Å². The van der Waals surface area contributed by atoms with Crippen molar-refractivity contribution in [2.45, 2.75) is 19.6 Å². The Morgan fingerprint density at radius 1 is 1.31 bits per heavy atom. The summed E-state index contributed by atoms with van der Waals surface area (Å²) < 4.78 is 37.7. The van der Waals surface area contributed by atoms with Crippen LogP contribution in [0.5, 0.6) is 0 Å². The topological polar surface area (TPSA) is 29.3 Å². The molecule has 0 saturated heterocycles. The quantitative estimate of drug-likeness (QED) is 0.868. The third kappa shape index (κ3) is 2.66. The standard InChI is InChI=1S/C11H15F3N2/c1-3-16(2)9-4-5-10(11(12,13)14)8(6-9)7-15/h4-6H,3,7,15H2,1-2H3. The second-order valence-corrected chi connectivity index (χ2v) is 3.56. The van der Waals surface area contributed by atoms with Crippen molar-refractivity contribution in [2.24, 2.45) is 5.73 Å². The van der Waals surface area contributed by atoms with Gasteiger partial charge in [0.2, 0.25) is 0 Å². The van der Waals surface area contributed by atoms with Crippen molar-refractivity contribution in [2.75, 3.05) is 18.5 Å². The molecule has 1 rings (SSSR count). The lowest BCUT2D eigenvalue weighted by molar-refractivity contribution is -0.138. The SMILES string of the molecule is CCN(C)c1ccc(C(F)(F)F)c(CN)c1. The highest BCUT2D eigenvalue weighted by atomic mass is 19.4. The first-order chi connectivity index (χ1) is 7.40. The molecule has 0 spiro atoms. The molecule has 0 aliphatic carbocycles. The first-order valence-electron chi connectivity index (χ1n) is 5.01. The van der Waals surface area contributed by atoms with E-state index in [9.17, 15) is 13.2 Å². The Labute approximate surface area is 92.9 Å². The van der Waals surface area contributed by atoms with Gasteiger partial charge in [0, 0.05) is 25.8 Å². The van der Waals surface area contributed by atoms with Crippen molar-refractivity contribution in [1.29, 1.82) is 0 Å². The van der Waals surface area contributed by atoms with Gasteiger partial charge in [-0.3, -0.25) is 0 Å². The first-order valence-corrected chi connectivity index (χ1v) is 5.01. The van der Waals surface area contributed by atoms with Gasteiger partial charge >= 0.3 is 6.18 Å². The van der Waals surface area contributed by atoms with E-state index in [4.69, 9.17) is 5.73 Å². The first kappa shape index (κ1) is 12.8. The van der Waals surface area contributed by atoms with Crippen LogP contribution in [0, 0.1) is 0 Å². The zero-order valence-corrected chi connectivity index (χ0v) is 9.30. The number of hydrogen-bond acceptors (Lipinski definition) is 2. The van der Waals surface area contributed by atoms with E-state index >= 15 is 0 Å². The third-order valence-corrected chi connectivity index (χ3v) is 2.53. The number of nitrogens with two attached hydrogens (primary N) is 1. The maximum atomic E-state index is 12.6. The van der Waals surface area contributed by atoms with Crippen LogP contribution >= 0.6 is 0 Å². The molecule has 1 aromatic rings. The van der Waals surface area contributed by atoms with Gasteiger partial charge in [0.15, 0.2) is 0 Å². The lowest BCUT2D eigenvalue weighted by atomic mass is 10.1. The average Bonchev–Trinajstić information content (AvgIpc) is 2.25. The van der Waals surface area contributed by atoms with Gasteiger partial charge in [-0.2, -0.15) is 13.2 Å². The largest absolute Gasteiger partial charge is 0.416 e. The van der Waals surface area contributed by atoms with Crippen molar-refractivity contribution < 1.29 is 13.2 Å². The number of rotatable bonds is 3. The Balaban J connectivity index is 3.17. The summed E-state index contributed by atoms with van der Waals surface area (Å²) in [6, 6.07) is 4.04. The fourth-order valence-electron chi connectivity index (χ4n) is 1.45. The fourth-order valence-corrected chi connectivity index (χ4v) is 1.45. The van der Waals surface area contributed by atoms with Crippen LogP contribution in [-0.2, 0) is 12.7 Å². The van der Waals surface area contributed by atoms with E-state index in [1.165, 1.54) is 12.1 Å². The normalized spacial score (nSPS) is 11.6. The zero-order valence-electron chi connectivity index (χ0n) is 9.30. The minimum Gasteiger partial charge on any atom is -0.375 e. The van der Waals surface area contributed by atoms with Crippen molar-refractivity contribution >= 4 is 5.69 Å². The van der Waals surface area contributed by atoms with Crippen LogP contribution in [0.2, 0.25) is 0 Å². The molecule has 0 unspecified atom stereocenters. The Morgan fingerprint density at radius 3 is 2.38 bits per heavy atom. The van der Waals surface area contributed by atoms with E-state index < -0.39 is 11.7 Å². The number of alkyl halides is 3. The molecule has 1 aromatic carbocycles. The molecule has 5 heteroatoms.